The van der Waals surface area contributed by atoms with E-state index in [0.717, 1.165) is 0 Å². The number of likely N-dealkylation sites (tertiary alicyclic amines) is 1. The third-order valence-corrected chi connectivity index (χ3v) is 4.21. The molecule has 0 aromatic heterocycles. The number of aliphatic hydroxyl groups is 1. The highest BCUT2D eigenvalue weighted by Gasteiger charge is 2.53. The molecule has 1 N–H and O–H groups in total. The first-order valence-corrected chi connectivity index (χ1v) is 5.83. The van der Waals surface area contributed by atoms with Crippen molar-refractivity contribution >= 4 is 0 Å². The maximum Gasteiger partial charge on any atom is 0.139 e. The third-order valence-electron chi connectivity index (χ3n) is 4.21. The molecule has 3 fully saturated rings. The zero-order chi connectivity index (χ0) is 9.71. The molecule has 80 valence electrons. The summed E-state index contributed by atoms with van der Waals surface area (Å²) in [5.41, 5.74) is 0. The Kier molecular flexibility index (Phi) is 2.08. The van der Waals surface area contributed by atoms with E-state index in [1.54, 1.807) is 0 Å². The summed E-state index contributed by atoms with van der Waals surface area (Å²) in [4.78, 5) is 2.03. The van der Waals surface area contributed by atoms with Crippen LogP contribution in [0, 0.1) is 11.8 Å². The van der Waals surface area contributed by atoms with Crippen LogP contribution in [-0.2, 0) is 4.74 Å². The van der Waals surface area contributed by atoms with Crippen LogP contribution < -0.4 is 0 Å². The SMILES string of the molecule is CN1C(O)C2CCCCC(C2)C2OC21. The second-order valence-corrected chi connectivity index (χ2v) is 5.11. The van der Waals surface area contributed by atoms with Crippen molar-refractivity contribution in [3.8, 4) is 0 Å². The maximum absolute atomic E-state index is 10.1. The minimum Gasteiger partial charge on any atom is -0.378 e. The Morgan fingerprint density at radius 3 is 2.71 bits per heavy atom. The van der Waals surface area contributed by atoms with Crippen molar-refractivity contribution in [1.82, 2.24) is 4.90 Å². The minimum absolute atomic E-state index is 0.220. The molecule has 2 heterocycles. The second kappa shape index (κ2) is 3.19. The average molecular weight is 197 g/mol. The van der Waals surface area contributed by atoms with Crippen LogP contribution in [0.2, 0.25) is 0 Å². The number of aliphatic hydroxyl groups excluding tert-OH is 1. The molecule has 0 spiro atoms. The quantitative estimate of drug-likeness (QED) is 0.592. The summed E-state index contributed by atoms with van der Waals surface area (Å²) < 4.78 is 5.65. The van der Waals surface area contributed by atoms with Crippen LogP contribution in [0.15, 0.2) is 0 Å². The Morgan fingerprint density at radius 2 is 1.93 bits per heavy atom. The van der Waals surface area contributed by atoms with Crippen LogP contribution in [-0.4, -0.2) is 35.6 Å². The fourth-order valence-corrected chi connectivity index (χ4v) is 3.28. The molecule has 5 unspecified atom stereocenters. The molecule has 0 aromatic rings. The van der Waals surface area contributed by atoms with Gasteiger partial charge in [0.05, 0.1) is 0 Å². The largest absolute Gasteiger partial charge is 0.378 e. The number of hydrogen-bond donors (Lipinski definition) is 1. The lowest BCUT2D eigenvalue weighted by atomic mass is 9.91. The predicted octanol–water partition coefficient (Wildman–Crippen LogP) is 1.17. The van der Waals surface area contributed by atoms with Crippen molar-refractivity contribution in [2.45, 2.75) is 50.7 Å². The molecular formula is C11H19NO2. The van der Waals surface area contributed by atoms with Crippen LogP contribution in [0.25, 0.3) is 0 Å². The van der Waals surface area contributed by atoms with E-state index in [1.165, 1.54) is 32.1 Å². The molecule has 0 radical (unpaired) electrons. The van der Waals surface area contributed by atoms with Crippen molar-refractivity contribution < 1.29 is 9.84 Å². The first-order valence-electron chi connectivity index (χ1n) is 5.83. The molecule has 14 heavy (non-hydrogen) atoms. The highest BCUT2D eigenvalue weighted by molar-refractivity contribution is 4.96. The van der Waals surface area contributed by atoms with Crippen molar-refractivity contribution in [3.05, 3.63) is 0 Å². The number of ether oxygens (including phenoxy) is 1. The van der Waals surface area contributed by atoms with Gasteiger partial charge < -0.3 is 9.84 Å². The third kappa shape index (κ3) is 1.30. The molecule has 1 aliphatic carbocycles. The van der Waals surface area contributed by atoms with Gasteiger partial charge in [-0.2, -0.15) is 0 Å². The van der Waals surface area contributed by atoms with Gasteiger partial charge in [-0.25, -0.2) is 0 Å². The number of rotatable bonds is 0. The molecule has 0 amide bonds. The summed E-state index contributed by atoms with van der Waals surface area (Å²) in [5.74, 6) is 1.20. The number of nitrogens with zero attached hydrogens (tertiary/aromatic N) is 1. The molecule has 5 atom stereocenters. The Bertz CT molecular complexity index is 233. The summed E-state index contributed by atoms with van der Waals surface area (Å²) >= 11 is 0. The van der Waals surface area contributed by atoms with E-state index in [-0.39, 0.29) is 12.5 Å². The lowest BCUT2D eigenvalue weighted by molar-refractivity contribution is -0.0521. The Hall–Kier alpha value is -0.120. The van der Waals surface area contributed by atoms with Crippen molar-refractivity contribution in [3.63, 3.8) is 0 Å². The molecule has 2 bridgehead atoms. The zero-order valence-corrected chi connectivity index (χ0v) is 8.72. The molecule has 3 rings (SSSR count). The van der Waals surface area contributed by atoms with Gasteiger partial charge in [-0.1, -0.05) is 12.8 Å². The molecule has 2 saturated heterocycles. The first-order chi connectivity index (χ1) is 6.77. The van der Waals surface area contributed by atoms with Crippen LogP contribution in [0.1, 0.15) is 32.1 Å². The van der Waals surface area contributed by atoms with Crippen LogP contribution in [0.3, 0.4) is 0 Å². The van der Waals surface area contributed by atoms with E-state index >= 15 is 0 Å². The smallest absolute Gasteiger partial charge is 0.139 e. The van der Waals surface area contributed by atoms with Gasteiger partial charge in [0.15, 0.2) is 0 Å². The van der Waals surface area contributed by atoms with Crippen molar-refractivity contribution in [2.24, 2.45) is 11.8 Å². The Labute approximate surface area is 85.0 Å². The topological polar surface area (TPSA) is 36.0 Å². The van der Waals surface area contributed by atoms with Crippen LogP contribution >= 0.6 is 0 Å². The zero-order valence-electron chi connectivity index (χ0n) is 8.72. The van der Waals surface area contributed by atoms with E-state index in [4.69, 9.17) is 4.74 Å². The highest BCUT2D eigenvalue weighted by atomic mass is 16.6. The van der Waals surface area contributed by atoms with E-state index in [2.05, 4.69) is 0 Å². The van der Waals surface area contributed by atoms with Gasteiger partial charge >= 0.3 is 0 Å². The lowest BCUT2D eigenvalue weighted by Gasteiger charge is -2.27. The van der Waals surface area contributed by atoms with Crippen LogP contribution in [0.4, 0.5) is 0 Å². The molecular weight excluding hydrogens is 178 g/mol. The molecule has 3 heteroatoms. The average Bonchev–Trinajstić information content (AvgIpc) is 2.97. The summed E-state index contributed by atoms with van der Waals surface area (Å²) in [6.07, 6.45) is 6.66. The fraction of sp³-hybridized carbons (Fsp3) is 1.00. The summed E-state index contributed by atoms with van der Waals surface area (Å²) in [5, 5.41) is 10.1. The maximum atomic E-state index is 10.1. The van der Waals surface area contributed by atoms with Gasteiger partial charge in [-0.05, 0) is 38.1 Å². The van der Waals surface area contributed by atoms with Gasteiger partial charge in [-0.15, -0.1) is 0 Å². The van der Waals surface area contributed by atoms with Crippen molar-refractivity contribution in [2.75, 3.05) is 7.05 Å². The predicted molar refractivity (Wildman–Crippen MR) is 52.5 cm³/mol. The minimum atomic E-state index is -0.270. The monoisotopic (exact) mass is 197 g/mol. The summed E-state index contributed by atoms with van der Waals surface area (Å²) in [6, 6.07) is 0. The first kappa shape index (κ1) is 9.13. The van der Waals surface area contributed by atoms with E-state index in [0.29, 0.717) is 17.9 Å². The van der Waals surface area contributed by atoms with E-state index < -0.39 is 0 Å². The fourth-order valence-electron chi connectivity index (χ4n) is 3.28. The van der Waals surface area contributed by atoms with Gasteiger partial charge in [0.2, 0.25) is 0 Å². The number of fused-ring (bicyclic) bond motifs is 4. The van der Waals surface area contributed by atoms with E-state index in [9.17, 15) is 5.11 Å². The summed E-state index contributed by atoms with van der Waals surface area (Å²) in [6.45, 7) is 0. The summed E-state index contributed by atoms with van der Waals surface area (Å²) in [7, 11) is 1.99. The molecule has 3 nitrogen and oxygen atoms in total. The molecule has 3 aliphatic rings. The van der Waals surface area contributed by atoms with Gasteiger partial charge in [0, 0.05) is 0 Å². The van der Waals surface area contributed by atoms with Gasteiger partial charge in [0.25, 0.3) is 0 Å². The molecule has 2 aliphatic heterocycles. The van der Waals surface area contributed by atoms with Crippen LogP contribution in [0.5, 0.6) is 0 Å². The normalized spacial score (nSPS) is 53.1. The number of likely N-dealkylation sites (N-methyl/N-ethyl adjacent to an activating group) is 1. The molecule has 1 saturated carbocycles. The lowest BCUT2D eigenvalue weighted by Crippen LogP contribution is -2.38. The standard InChI is InChI=1S/C11H19NO2/c1-12-10(13)8-5-3-2-4-7(6-8)9-11(12)14-9/h7-11,13H,2-6H2,1H3. The van der Waals surface area contributed by atoms with Gasteiger partial charge in [-0.3, -0.25) is 4.90 Å². The number of hydrogen-bond acceptors (Lipinski definition) is 3. The Morgan fingerprint density at radius 1 is 1.21 bits per heavy atom. The Balaban J connectivity index is 1.84. The highest BCUT2D eigenvalue weighted by Crippen LogP contribution is 2.45. The second-order valence-electron chi connectivity index (χ2n) is 5.11. The number of epoxide rings is 1. The van der Waals surface area contributed by atoms with E-state index in [1.807, 2.05) is 11.9 Å². The molecule has 0 aromatic carbocycles. The van der Waals surface area contributed by atoms with Crippen molar-refractivity contribution in [1.29, 1.82) is 0 Å². The van der Waals surface area contributed by atoms with Gasteiger partial charge in [0.1, 0.15) is 18.6 Å².